The third kappa shape index (κ3) is 5.40. The molecule has 106 valence electrons. The van der Waals surface area contributed by atoms with Crippen molar-refractivity contribution < 1.29 is 14.7 Å². The monoisotopic (exact) mass is 275 g/mol. The standard InChI is InChI=1S/C14H17N3O3/c1-10(13(18)19)3-2-8-16-14(20)17-12-6-4-11(9-15)5-7-12/h4-7,10H,2-3,8H2,1H3,(H,18,19)(H2,16,17,20). The second-order valence-electron chi connectivity index (χ2n) is 4.45. The summed E-state index contributed by atoms with van der Waals surface area (Å²) in [5, 5.41) is 22.6. The van der Waals surface area contributed by atoms with Crippen molar-refractivity contribution in [3.05, 3.63) is 29.8 Å². The van der Waals surface area contributed by atoms with E-state index in [2.05, 4.69) is 10.6 Å². The van der Waals surface area contributed by atoms with Gasteiger partial charge in [-0.15, -0.1) is 0 Å². The van der Waals surface area contributed by atoms with Crippen molar-refractivity contribution in [2.75, 3.05) is 11.9 Å². The Morgan fingerprint density at radius 2 is 2.00 bits per heavy atom. The van der Waals surface area contributed by atoms with Crippen LogP contribution in [-0.4, -0.2) is 23.7 Å². The van der Waals surface area contributed by atoms with Gasteiger partial charge < -0.3 is 15.7 Å². The molecule has 0 saturated carbocycles. The maximum atomic E-state index is 11.5. The fourth-order valence-electron chi connectivity index (χ4n) is 1.54. The molecule has 6 nitrogen and oxygen atoms in total. The predicted octanol–water partition coefficient (Wildman–Crippen LogP) is 2.18. The lowest BCUT2D eigenvalue weighted by Crippen LogP contribution is -2.29. The van der Waals surface area contributed by atoms with E-state index >= 15 is 0 Å². The lowest BCUT2D eigenvalue weighted by atomic mass is 10.1. The van der Waals surface area contributed by atoms with Crippen LogP contribution < -0.4 is 10.6 Å². The second kappa shape index (κ2) is 7.79. The smallest absolute Gasteiger partial charge is 0.319 e. The van der Waals surface area contributed by atoms with Crippen LogP contribution in [0.4, 0.5) is 10.5 Å². The molecular weight excluding hydrogens is 258 g/mol. The van der Waals surface area contributed by atoms with Gasteiger partial charge in [0.25, 0.3) is 0 Å². The molecule has 1 unspecified atom stereocenters. The fourth-order valence-corrected chi connectivity index (χ4v) is 1.54. The van der Waals surface area contributed by atoms with Gasteiger partial charge in [0, 0.05) is 12.2 Å². The number of hydrogen-bond donors (Lipinski definition) is 3. The topological polar surface area (TPSA) is 102 Å². The molecule has 0 aromatic heterocycles. The molecular formula is C14H17N3O3. The molecule has 0 radical (unpaired) electrons. The lowest BCUT2D eigenvalue weighted by molar-refractivity contribution is -0.141. The summed E-state index contributed by atoms with van der Waals surface area (Å²) < 4.78 is 0. The summed E-state index contributed by atoms with van der Waals surface area (Å²) in [4.78, 5) is 22.1. The summed E-state index contributed by atoms with van der Waals surface area (Å²) in [5.74, 6) is -1.23. The average molecular weight is 275 g/mol. The number of urea groups is 1. The number of carbonyl (C=O) groups excluding carboxylic acids is 1. The molecule has 1 rings (SSSR count). The Morgan fingerprint density at radius 3 is 2.55 bits per heavy atom. The molecule has 0 bridgehead atoms. The van der Waals surface area contributed by atoms with E-state index in [0.717, 1.165) is 0 Å². The van der Waals surface area contributed by atoms with E-state index in [1.807, 2.05) is 6.07 Å². The van der Waals surface area contributed by atoms with Crippen molar-refractivity contribution in [1.29, 1.82) is 5.26 Å². The first-order valence-electron chi connectivity index (χ1n) is 6.30. The molecule has 3 N–H and O–H groups in total. The summed E-state index contributed by atoms with van der Waals surface area (Å²) in [5.41, 5.74) is 1.12. The molecule has 0 aliphatic heterocycles. The number of carboxylic acids is 1. The Bertz CT molecular complexity index is 505. The van der Waals surface area contributed by atoms with E-state index < -0.39 is 11.9 Å². The summed E-state index contributed by atoms with van der Waals surface area (Å²) in [6.07, 6.45) is 1.13. The Morgan fingerprint density at radius 1 is 1.35 bits per heavy atom. The number of aliphatic carboxylic acids is 1. The van der Waals surface area contributed by atoms with Crippen molar-refractivity contribution >= 4 is 17.7 Å². The number of hydrogen-bond acceptors (Lipinski definition) is 3. The molecule has 0 heterocycles. The van der Waals surface area contributed by atoms with Crippen LogP contribution >= 0.6 is 0 Å². The van der Waals surface area contributed by atoms with Gasteiger partial charge in [-0.25, -0.2) is 4.79 Å². The number of benzene rings is 1. The van der Waals surface area contributed by atoms with Crippen LogP contribution in [0.5, 0.6) is 0 Å². The van der Waals surface area contributed by atoms with Crippen LogP contribution in [0, 0.1) is 17.2 Å². The molecule has 0 saturated heterocycles. The van der Waals surface area contributed by atoms with Crippen molar-refractivity contribution in [3.63, 3.8) is 0 Å². The van der Waals surface area contributed by atoms with Crippen molar-refractivity contribution in [2.45, 2.75) is 19.8 Å². The van der Waals surface area contributed by atoms with E-state index in [1.165, 1.54) is 0 Å². The number of nitriles is 1. The zero-order chi connectivity index (χ0) is 15.0. The maximum absolute atomic E-state index is 11.5. The highest BCUT2D eigenvalue weighted by Crippen LogP contribution is 2.08. The molecule has 20 heavy (non-hydrogen) atoms. The first-order chi connectivity index (χ1) is 9.52. The lowest BCUT2D eigenvalue weighted by Gasteiger charge is -2.09. The molecule has 0 aliphatic rings. The Labute approximate surface area is 117 Å². The molecule has 2 amide bonds. The highest BCUT2D eigenvalue weighted by molar-refractivity contribution is 5.89. The summed E-state index contributed by atoms with van der Waals surface area (Å²) in [6, 6.07) is 8.16. The van der Waals surface area contributed by atoms with Crippen molar-refractivity contribution in [3.8, 4) is 6.07 Å². The highest BCUT2D eigenvalue weighted by atomic mass is 16.4. The Balaban J connectivity index is 2.26. The number of nitrogens with one attached hydrogen (secondary N) is 2. The summed E-state index contributed by atoms with van der Waals surface area (Å²) in [6.45, 7) is 2.05. The average Bonchev–Trinajstić information content (AvgIpc) is 2.44. The molecule has 1 aromatic carbocycles. The van der Waals surface area contributed by atoms with Gasteiger partial charge >= 0.3 is 12.0 Å². The number of anilines is 1. The predicted molar refractivity (Wildman–Crippen MR) is 74.2 cm³/mol. The fraction of sp³-hybridized carbons (Fsp3) is 0.357. The van der Waals surface area contributed by atoms with Crippen LogP contribution in [0.3, 0.4) is 0 Å². The zero-order valence-electron chi connectivity index (χ0n) is 11.2. The largest absolute Gasteiger partial charge is 0.481 e. The van der Waals surface area contributed by atoms with E-state index in [-0.39, 0.29) is 6.03 Å². The third-order valence-corrected chi connectivity index (χ3v) is 2.79. The van der Waals surface area contributed by atoms with Gasteiger partial charge in [0.2, 0.25) is 0 Å². The Kier molecular flexibility index (Phi) is 6.04. The molecule has 6 heteroatoms. The quantitative estimate of drug-likeness (QED) is 0.692. The SMILES string of the molecule is CC(CCCNC(=O)Nc1ccc(C#N)cc1)C(=O)O. The maximum Gasteiger partial charge on any atom is 0.319 e. The first-order valence-corrected chi connectivity index (χ1v) is 6.30. The molecule has 0 aliphatic carbocycles. The van der Waals surface area contributed by atoms with Gasteiger partial charge in [-0.1, -0.05) is 6.92 Å². The van der Waals surface area contributed by atoms with Crippen molar-refractivity contribution in [1.82, 2.24) is 5.32 Å². The first kappa shape index (κ1) is 15.5. The minimum Gasteiger partial charge on any atom is -0.481 e. The number of rotatable bonds is 6. The normalized spacial score (nSPS) is 11.2. The van der Waals surface area contributed by atoms with Gasteiger partial charge in [0.15, 0.2) is 0 Å². The van der Waals surface area contributed by atoms with Crippen LogP contribution in [0.25, 0.3) is 0 Å². The van der Waals surface area contributed by atoms with Gasteiger partial charge in [-0.2, -0.15) is 5.26 Å². The van der Waals surface area contributed by atoms with Gasteiger partial charge in [-0.3, -0.25) is 4.79 Å². The molecule has 1 atom stereocenters. The minimum absolute atomic E-state index is 0.349. The zero-order valence-corrected chi connectivity index (χ0v) is 11.2. The van der Waals surface area contributed by atoms with Gasteiger partial charge in [0.05, 0.1) is 17.6 Å². The van der Waals surface area contributed by atoms with Crippen LogP contribution in [0.1, 0.15) is 25.3 Å². The van der Waals surface area contributed by atoms with E-state index in [9.17, 15) is 9.59 Å². The third-order valence-electron chi connectivity index (χ3n) is 2.79. The molecule has 1 aromatic rings. The van der Waals surface area contributed by atoms with E-state index in [0.29, 0.717) is 30.6 Å². The highest BCUT2D eigenvalue weighted by Gasteiger charge is 2.10. The van der Waals surface area contributed by atoms with Gasteiger partial charge in [0.1, 0.15) is 0 Å². The number of carboxylic acid groups (broad SMARTS) is 1. The number of amides is 2. The van der Waals surface area contributed by atoms with Gasteiger partial charge in [-0.05, 0) is 37.1 Å². The number of carbonyl (C=O) groups is 2. The summed E-state index contributed by atoms with van der Waals surface area (Å²) in [7, 11) is 0. The summed E-state index contributed by atoms with van der Waals surface area (Å²) >= 11 is 0. The Hall–Kier alpha value is -2.55. The second-order valence-corrected chi connectivity index (χ2v) is 4.45. The van der Waals surface area contributed by atoms with Crippen LogP contribution in [0.2, 0.25) is 0 Å². The van der Waals surface area contributed by atoms with Crippen molar-refractivity contribution in [2.24, 2.45) is 5.92 Å². The molecule has 0 spiro atoms. The number of nitrogens with zero attached hydrogens (tertiary/aromatic N) is 1. The van der Waals surface area contributed by atoms with Crippen LogP contribution in [0.15, 0.2) is 24.3 Å². The van der Waals surface area contributed by atoms with E-state index in [1.54, 1.807) is 31.2 Å². The van der Waals surface area contributed by atoms with E-state index in [4.69, 9.17) is 10.4 Å². The minimum atomic E-state index is -0.827. The van der Waals surface area contributed by atoms with Crippen LogP contribution in [-0.2, 0) is 4.79 Å². The molecule has 0 fully saturated rings.